The van der Waals surface area contributed by atoms with Gasteiger partial charge in [0.1, 0.15) is 23.1 Å². The minimum Gasteiger partial charge on any atom is -0.495 e. The van der Waals surface area contributed by atoms with Gasteiger partial charge in [-0.2, -0.15) is 0 Å². The van der Waals surface area contributed by atoms with Crippen LogP contribution in [0.4, 0.5) is 20.2 Å². The Kier molecular flexibility index (Phi) is 5.82. The summed E-state index contributed by atoms with van der Waals surface area (Å²) in [5.74, 6) is -2.67. The Hall–Kier alpha value is -3.81. The van der Waals surface area contributed by atoms with Crippen molar-refractivity contribution in [2.75, 3.05) is 17.7 Å². The van der Waals surface area contributed by atoms with E-state index < -0.39 is 29.1 Å². The van der Waals surface area contributed by atoms with E-state index in [0.717, 1.165) is 17.7 Å². The Morgan fingerprint density at radius 1 is 0.931 bits per heavy atom. The van der Waals surface area contributed by atoms with Crippen LogP contribution in [0.1, 0.15) is 26.3 Å². The number of carbonyl (C=O) groups is 2. The second kappa shape index (κ2) is 8.47. The van der Waals surface area contributed by atoms with Crippen molar-refractivity contribution in [3.05, 3.63) is 83.2 Å². The molecule has 0 radical (unpaired) electrons. The van der Waals surface area contributed by atoms with Crippen molar-refractivity contribution in [2.45, 2.75) is 6.92 Å². The van der Waals surface area contributed by atoms with Crippen molar-refractivity contribution in [1.29, 1.82) is 0 Å². The molecule has 0 fully saturated rings. The molecule has 0 saturated heterocycles. The smallest absolute Gasteiger partial charge is 0.257 e. The van der Waals surface area contributed by atoms with Crippen molar-refractivity contribution in [3.8, 4) is 5.75 Å². The van der Waals surface area contributed by atoms with Gasteiger partial charge in [0.25, 0.3) is 11.8 Å². The van der Waals surface area contributed by atoms with Gasteiger partial charge in [-0.3, -0.25) is 14.6 Å². The van der Waals surface area contributed by atoms with Gasteiger partial charge >= 0.3 is 0 Å². The number of hydrogen-bond donors (Lipinski definition) is 2. The number of aromatic nitrogens is 1. The summed E-state index contributed by atoms with van der Waals surface area (Å²) in [6, 6.07) is 9.80. The Morgan fingerprint density at radius 3 is 2.17 bits per heavy atom. The zero-order valence-electron chi connectivity index (χ0n) is 15.6. The first-order chi connectivity index (χ1) is 13.9. The van der Waals surface area contributed by atoms with Crippen LogP contribution in [-0.4, -0.2) is 23.9 Å². The van der Waals surface area contributed by atoms with Crippen LogP contribution in [0.5, 0.6) is 5.75 Å². The molecule has 3 aromatic rings. The molecular formula is C21H17F2N3O3. The number of anilines is 2. The van der Waals surface area contributed by atoms with Crippen LogP contribution in [0.2, 0.25) is 0 Å². The van der Waals surface area contributed by atoms with E-state index in [1.54, 1.807) is 12.1 Å². The molecule has 6 nitrogen and oxygen atoms in total. The molecule has 8 heteroatoms. The quantitative estimate of drug-likeness (QED) is 0.677. The molecule has 0 aliphatic carbocycles. The number of ether oxygens (including phenoxy) is 1. The Balaban J connectivity index is 1.81. The molecule has 0 spiro atoms. The topological polar surface area (TPSA) is 80.3 Å². The summed E-state index contributed by atoms with van der Waals surface area (Å²) in [4.78, 5) is 28.8. The predicted molar refractivity (Wildman–Crippen MR) is 104 cm³/mol. The number of aryl methyl sites for hydroxylation is 1. The molecule has 0 aliphatic heterocycles. The second-order valence-electron chi connectivity index (χ2n) is 6.17. The van der Waals surface area contributed by atoms with E-state index in [4.69, 9.17) is 4.74 Å². The molecule has 1 heterocycles. The highest BCUT2D eigenvalue weighted by Crippen LogP contribution is 2.26. The standard InChI is InChI=1S/C21H17F2N3O3/c1-12-6-7-18(29-2)17(8-12)25-20(27)13-9-14(11-24-10-13)21(28)26-19-15(22)4-3-5-16(19)23/h3-11H,1-2H3,(H,25,27)(H,26,28). The normalized spacial score (nSPS) is 10.3. The highest BCUT2D eigenvalue weighted by atomic mass is 19.1. The molecule has 29 heavy (non-hydrogen) atoms. The molecule has 0 unspecified atom stereocenters. The zero-order chi connectivity index (χ0) is 21.0. The van der Waals surface area contributed by atoms with Crippen LogP contribution >= 0.6 is 0 Å². The number of nitrogens with zero attached hydrogens (tertiary/aromatic N) is 1. The lowest BCUT2D eigenvalue weighted by Crippen LogP contribution is -2.17. The van der Waals surface area contributed by atoms with E-state index in [2.05, 4.69) is 15.6 Å². The molecule has 3 rings (SSSR count). The average molecular weight is 397 g/mol. The first-order valence-corrected chi connectivity index (χ1v) is 8.55. The van der Waals surface area contributed by atoms with E-state index in [-0.39, 0.29) is 11.1 Å². The largest absolute Gasteiger partial charge is 0.495 e. The molecule has 0 saturated carbocycles. The molecule has 0 aliphatic rings. The lowest BCUT2D eigenvalue weighted by molar-refractivity contribution is 0.102. The van der Waals surface area contributed by atoms with Gasteiger partial charge in [-0.15, -0.1) is 0 Å². The number of pyridine rings is 1. The molecule has 0 atom stereocenters. The van der Waals surface area contributed by atoms with Gasteiger partial charge in [0.2, 0.25) is 0 Å². The molecular weight excluding hydrogens is 380 g/mol. The minimum absolute atomic E-state index is 0.0310. The van der Waals surface area contributed by atoms with Crippen molar-refractivity contribution < 1.29 is 23.1 Å². The van der Waals surface area contributed by atoms with Gasteiger partial charge in [-0.05, 0) is 42.8 Å². The molecule has 2 N–H and O–H groups in total. The highest BCUT2D eigenvalue weighted by molar-refractivity contribution is 6.08. The van der Waals surface area contributed by atoms with E-state index in [9.17, 15) is 18.4 Å². The summed E-state index contributed by atoms with van der Waals surface area (Å²) in [5, 5.41) is 4.85. The third kappa shape index (κ3) is 4.55. The first kappa shape index (κ1) is 19.9. The monoisotopic (exact) mass is 397 g/mol. The van der Waals surface area contributed by atoms with E-state index in [1.807, 2.05) is 13.0 Å². The van der Waals surface area contributed by atoms with Crippen molar-refractivity contribution >= 4 is 23.2 Å². The second-order valence-corrected chi connectivity index (χ2v) is 6.17. The lowest BCUT2D eigenvalue weighted by Gasteiger charge is -2.11. The summed E-state index contributed by atoms with van der Waals surface area (Å²) in [6.07, 6.45) is 2.47. The highest BCUT2D eigenvalue weighted by Gasteiger charge is 2.16. The van der Waals surface area contributed by atoms with Crippen molar-refractivity contribution in [3.63, 3.8) is 0 Å². The number of amides is 2. The Bertz CT molecular complexity index is 1070. The summed E-state index contributed by atoms with van der Waals surface area (Å²) < 4.78 is 32.7. The maximum absolute atomic E-state index is 13.7. The van der Waals surface area contributed by atoms with Gasteiger partial charge in [0.05, 0.1) is 23.9 Å². The summed E-state index contributed by atoms with van der Waals surface area (Å²) >= 11 is 0. The molecule has 0 bridgehead atoms. The van der Waals surface area contributed by atoms with Crippen LogP contribution < -0.4 is 15.4 Å². The number of hydrogen-bond acceptors (Lipinski definition) is 4. The van der Waals surface area contributed by atoms with Crippen LogP contribution in [-0.2, 0) is 0 Å². The number of carbonyl (C=O) groups excluding carboxylic acids is 2. The van der Waals surface area contributed by atoms with Gasteiger partial charge in [-0.25, -0.2) is 8.78 Å². The third-order valence-electron chi connectivity index (χ3n) is 4.07. The summed E-state index contributed by atoms with van der Waals surface area (Å²) in [6.45, 7) is 1.86. The summed E-state index contributed by atoms with van der Waals surface area (Å²) in [5.41, 5.74) is 0.864. The zero-order valence-corrected chi connectivity index (χ0v) is 15.6. The Labute approximate surface area is 165 Å². The number of benzene rings is 2. The molecule has 2 aromatic carbocycles. The van der Waals surface area contributed by atoms with Crippen LogP contribution in [0.15, 0.2) is 54.9 Å². The molecule has 148 valence electrons. The fraction of sp³-hybridized carbons (Fsp3) is 0.0952. The van der Waals surface area contributed by atoms with Crippen LogP contribution in [0.25, 0.3) is 0 Å². The molecule has 2 amide bonds. The number of halogens is 2. The van der Waals surface area contributed by atoms with Crippen LogP contribution in [0, 0.1) is 18.6 Å². The lowest BCUT2D eigenvalue weighted by atomic mass is 10.1. The average Bonchev–Trinajstić information content (AvgIpc) is 2.71. The SMILES string of the molecule is COc1ccc(C)cc1NC(=O)c1cncc(C(=O)Nc2c(F)cccc2F)c1. The van der Waals surface area contributed by atoms with E-state index >= 15 is 0 Å². The first-order valence-electron chi connectivity index (χ1n) is 8.55. The van der Waals surface area contributed by atoms with Gasteiger partial charge in [-0.1, -0.05) is 12.1 Å². The van der Waals surface area contributed by atoms with E-state index in [1.165, 1.54) is 31.6 Å². The van der Waals surface area contributed by atoms with Gasteiger partial charge < -0.3 is 15.4 Å². The van der Waals surface area contributed by atoms with Crippen molar-refractivity contribution in [1.82, 2.24) is 4.98 Å². The van der Waals surface area contributed by atoms with Gasteiger partial charge in [0, 0.05) is 12.4 Å². The maximum atomic E-state index is 13.7. The fourth-order valence-corrected chi connectivity index (χ4v) is 2.61. The minimum atomic E-state index is -0.910. The maximum Gasteiger partial charge on any atom is 0.257 e. The third-order valence-corrected chi connectivity index (χ3v) is 4.07. The Morgan fingerprint density at radius 2 is 1.55 bits per heavy atom. The molecule has 1 aromatic heterocycles. The van der Waals surface area contributed by atoms with Crippen LogP contribution in [0.3, 0.4) is 0 Å². The fourth-order valence-electron chi connectivity index (χ4n) is 2.61. The predicted octanol–water partition coefficient (Wildman–Crippen LogP) is 4.18. The number of nitrogens with one attached hydrogen (secondary N) is 2. The van der Waals surface area contributed by atoms with Gasteiger partial charge in [0.15, 0.2) is 0 Å². The van der Waals surface area contributed by atoms with Crippen molar-refractivity contribution in [2.24, 2.45) is 0 Å². The van der Waals surface area contributed by atoms with E-state index in [0.29, 0.717) is 11.4 Å². The number of para-hydroxylation sites is 1. The summed E-state index contributed by atoms with van der Waals surface area (Å²) in [7, 11) is 1.48. The number of methoxy groups -OCH3 is 1. The number of rotatable bonds is 5.